The van der Waals surface area contributed by atoms with Crippen LogP contribution in [0.4, 0.5) is 4.39 Å². The molecule has 1 aliphatic carbocycles. The number of ether oxygens (including phenoxy) is 1. The number of halogens is 2. The molecule has 4 heteroatoms. The molecule has 0 saturated heterocycles. The van der Waals surface area contributed by atoms with Crippen LogP contribution in [0.1, 0.15) is 37.7 Å². The molecule has 0 unspecified atom stereocenters. The molecule has 0 aliphatic heterocycles. The summed E-state index contributed by atoms with van der Waals surface area (Å²) in [7, 11) is 1.58. The molecule has 2 N–H and O–H groups in total. The molecule has 0 aromatic heterocycles. The van der Waals surface area contributed by atoms with Crippen molar-refractivity contribution in [2.75, 3.05) is 13.7 Å². The van der Waals surface area contributed by atoms with Crippen LogP contribution in [-0.2, 0) is 5.41 Å². The topological polar surface area (TPSA) is 35.2 Å². The average Bonchev–Trinajstić information content (AvgIpc) is 2.42. The third-order valence-corrected chi connectivity index (χ3v) is 4.62. The second-order valence-electron chi connectivity index (χ2n) is 5.01. The van der Waals surface area contributed by atoms with Crippen molar-refractivity contribution < 1.29 is 9.13 Å². The van der Waals surface area contributed by atoms with E-state index in [0.717, 1.165) is 18.4 Å². The lowest BCUT2D eigenvalue weighted by Crippen LogP contribution is -2.37. The van der Waals surface area contributed by atoms with Gasteiger partial charge in [-0.2, -0.15) is 0 Å². The van der Waals surface area contributed by atoms with Gasteiger partial charge in [0.25, 0.3) is 0 Å². The number of benzene rings is 1. The van der Waals surface area contributed by atoms with Gasteiger partial charge in [-0.15, -0.1) is 0 Å². The van der Waals surface area contributed by atoms with E-state index in [2.05, 4.69) is 15.9 Å². The summed E-state index contributed by atoms with van der Waals surface area (Å²) < 4.78 is 19.4. The van der Waals surface area contributed by atoms with Gasteiger partial charge in [0.15, 0.2) is 0 Å². The Morgan fingerprint density at radius 2 is 2.00 bits per heavy atom. The van der Waals surface area contributed by atoms with Crippen LogP contribution in [0.2, 0.25) is 0 Å². The summed E-state index contributed by atoms with van der Waals surface area (Å²) in [5.74, 6) is 0.321. The molecule has 0 bridgehead atoms. The van der Waals surface area contributed by atoms with Gasteiger partial charge in [-0.25, -0.2) is 4.39 Å². The van der Waals surface area contributed by atoms with Gasteiger partial charge in [0, 0.05) is 23.6 Å². The van der Waals surface area contributed by atoms with Crippen molar-refractivity contribution in [1.29, 1.82) is 0 Å². The molecule has 2 rings (SSSR count). The van der Waals surface area contributed by atoms with E-state index in [1.54, 1.807) is 7.11 Å². The van der Waals surface area contributed by atoms with Gasteiger partial charge in [0.2, 0.25) is 0 Å². The van der Waals surface area contributed by atoms with Crippen LogP contribution in [0.5, 0.6) is 5.75 Å². The number of methoxy groups -OCH3 is 1. The third-order valence-electron chi connectivity index (χ3n) is 4.02. The summed E-state index contributed by atoms with van der Waals surface area (Å²) in [6.45, 7) is 0.585. The lowest BCUT2D eigenvalue weighted by Gasteiger charge is -2.37. The zero-order valence-corrected chi connectivity index (χ0v) is 12.2. The van der Waals surface area contributed by atoms with Crippen molar-refractivity contribution in [3.63, 3.8) is 0 Å². The second-order valence-corrected chi connectivity index (χ2v) is 5.87. The Bertz CT molecular complexity index is 430. The summed E-state index contributed by atoms with van der Waals surface area (Å²) in [5.41, 5.74) is 7.00. The Morgan fingerprint density at radius 3 is 2.56 bits per heavy atom. The van der Waals surface area contributed by atoms with Crippen LogP contribution in [0.3, 0.4) is 0 Å². The minimum absolute atomic E-state index is 0.0557. The van der Waals surface area contributed by atoms with Crippen molar-refractivity contribution >= 4 is 15.9 Å². The maximum absolute atomic E-state index is 13.6. The van der Waals surface area contributed by atoms with Crippen LogP contribution < -0.4 is 10.5 Å². The quantitative estimate of drug-likeness (QED) is 0.921. The summed E-state index contributed by atoms with van der Waals surface area (Å²) >= 11 is 3.26. The smallest absolute Gasteiger partial charge is 0.141 e. The molecule has 1 aliphatic rings. The molecule has 0 spiro atoms. The van der Waals surface area contributed by atoms with Crippen molar-refractivity contribution in [3.8, 4) is 5.75 Å². The summed E-state index contributed by atoms with van der Waals surface area (Å²) in [5, 5.41) is 0. The molecule has 18 heavy (non-hydrogen) atoms. The van der Waals surface area contributed by atoms with E-state index in [0.29, 0.717) is 16.8 Å². The Hall–Kier alpha value is -0.610. The molecule has 1 saturated carbocycles. The highest BCUT2D eigenvalue weighted by atomic mass is 79.9. The average molecular weight is 316 g/mol. The van der Waals surface area contributed by atoms with Crippen molar-refractivity contribution in [2.45, 2.75) is 37.5 Å². The van der Waals surface area contributed by atoms with Crippen LogP contribution in [0.15, 0.2) is 16.6 Å². The highest BCUT2D eigenvalue weighted by Gasteiger charge is 2.35. The molecule has 100 valence electrons. The minimum atomic E-state index is -0.293. The van der Waals surface area contributed by atoms with E-state index in [9.17, 15) is 4.39 Å². The van der Waals surface area contributed by atoms with Crippen LogP contribution in [0, 0.1) is 5.82 Å². The first kappa shape index (κ1) is 13.8. The van der Waals surface area contributed by atoms with E-state index in [1.165, 1.54) is 25.3 Å². The molecule has 2 nitrogen and oxygen atoms in total. The first-order valence-electron chi connectivity index (χ1n) is 6.36. The zero-order valence-electron chi connectivity index (χ0n) is 10.6. The van der Waals surface area contributed by atoms with Gasteiger partial charge in [-0.1, -0.05) is 19.3 Å². The van der Waals surface area contributed by atoms with Crippen molar-refractivity contribution in [3.05, 3.63) is 28.0 Å². The van der Waals surface area contributed by atoms with E-state index >= 15 is 0 Å². The normalized spacial score (nSPS) is 18.7. The highest BCUT2D eigenvalue weighted by molar-refractivity contribution is 9.10. The van der Waals surface area contributed by atoms with E-state index in [1.807, 2.05) is 6.07 Å². The van der Waals surface area contributed by atoms with Crippen LogP contribution in [0.25, 0.3) is 0 Å². The Labute approximate surface area is 116 Å². The Balaban J connectivity index is 2.49. The molecule has 0 atom stereocenters. The number of hydrogen-bond donors (Lipinski definition) is 1. The summed E-state index contributed by atoms with van der Waals surface area (Å²) in [6.07, 6.45) is 5.72. The van der Waals surface area contributed by atoms with Crippen LogP contribution >= 0.6 is 15.9 Å². The molecule has 0 radical (unpaired) electrons. The molecule has 1 fully saturated rings. The molecule has 1 aromatic rings. The largest absolute Gasteiger partial charge is 0.496 e. The van der Waals surface area contributed by atoms with E-state index in [-0.39, 0.29) is 11.2 Å². The van der Waals surface area contributed by atoms with Gasteiger partial charge >= 0.3 is 0 Å². The SMILES string of the molecule is COc1cc(F)c(Br)cc1C1(CN)CCCCC1. The highest BCUT2D eigenvalue weighted by Crippen LogP contribution is 2.44. The van der Waals surface area contributed by atoms with E-state index in [4.69, 9.17) is 10.5 Å². The van der Waals surface area contributed by atoms with Gasteiger partial charge < -0.3 is 10.5 Å². The summed E-state index contributed by atoms with van der Waals surface area (Å²) in [6, 6.07) is 3.29. The fourth-order valence-corrected chi connectivity index (χ4v) is 3.27. The fraction of sp³-hybridized carbons (Fsp3) is 0.571. The molecular formula is C14H19BrFNO. The molecule has 0 amide bonds. The third kappa shape index (κ3) is 2.41. The predicted octanol–water partition coefficient (Wildman–Crippen LogP) is 3.76. The fourth-order valence-electron chi connectivity index (χ4n) is 2.92. The van der Waals surface area contributed by atoms with Gasteiger partial charge in [-0.05, 0) is 34.8 Å². The monoisotopic (exact) mass is 315 g/mol. The Kier molecular flexibility index (Phi) is 4.28. The standard InChI is InChI=1S/C14H19BrFNO/c1-18-13-8-12(16)11(15)7-10(13)14(9-17)5-3-2-4-6-14/h7-8H,2-6,9,17H2,1H3. The lowest BCUT2D eigenvalue weighted by atomic mass is 9.69. The first-order valence-corrected chi connectivity index (χ1v) is 7.16. The van der Waals surface area contributed by atoms with Crippen LogP contribution in [-0.4, -0.2) is 13.7 Å². The molecule has 1 aromatic carbocycles. The van der Waals surface area contributed by atoms with Gasteiger partial charge in [0.1, 0.15) is 11.6 Å². The minimum Gasteiger partial charge on any atom is -0.496 e. The first-order chi connectivity index (χ1) is 8.63. The van der Waals surface area contributed by atoms with Gasteiger partial charge in [0.05, 0.1) is 11.6 Å². The molecular weight excluding hydrogens is 297 g/mol. The van der Waals surface area contributed by atoms with Crippen molar-refractivity contribution in [2.24, 2.45) is 5.73 Å². The van der Waals surface area contributed by atoms with Crippen molar-refractivity contribution in [1.82, 2.24) is 0 Å². The Morgan fingerprint density at radius 1 is 1.33 bits per heavy atom. The van der Waals surface area contributed by atoms with Gasteiger partial charge in [-0.3, -0.25) is 0 Å². The second kappa shape index (κ2) is 5.57. The number of hydrogen-bond acceptors (Lipinski definition) is 2. The molecule has 0 heterocycles. The maximum atomic E-state index is 13.6. The number of nitrogens with two attached hydrogens (primary N) is 1. The zero-order chi connectivity index (χ0) is 13.2. The predicted molar refractivity (Wildman–Crippen MR) is 74.5 cm³/mol. The summed E-state index contributed by atoms with van der Waals surface area (Å²) in [4.78, 5) is 0. The number of rotatable bonds is 3. The lowest BCUT2D eigenvalue weighted by molar-refractivity contribution is 0.287. The maximum Gasteiger partial charge on any atom is 0.141 e. The van der Waals surface area contributed by atoms with E-state index < -0.39 is 0 Å².